The third-order valence-electron chi connectivity index (χ3n) is 2.85. The quantitative estimate of drug-likeness (QED) is 0.722. The number of nitrogens with zero attached hydrogens (tertiary/aromatic N) is 2. The molecule has 0 saturated carbocycles. The highest BCUT2D eigenvalue weighted by Gasteiger charge is 2.08. The molecule has 0 aliphatic heterocycles. The van der Waals surface area contributed by atoms with Crippen molar-refractivity contribution in [3.05, 3.63) is 35.9 Å². The van der Waals surface area contributed by atoms with Crippen molar-refractivity contribution < 1.29 is 4.39 Å². The van der Waals surface area contributed by atoms with Crippen LogP contribution in [0.4, 0.5) is 4.39 Å². The fraction of sp³-hybridized carbons (Fsp3) is 0.250. The second-order valence-corrected chi connectivity index (χ2v) is 4.07. The van der Waals surface area contributed by atoms with Gasteiger partial charge in [-0.25, -0.2) is 9.37 Å². The summed E-state index contributed by atoms with van der Waals surface area (Å²) in [5.74, 6) is 0.505. The third-order valence-corrected chi connectivity index (χ3v) is 2.85. The molecule has 0 fully saturated rings. The average Bonchev–Trinajstić information content (AvgIpc) is 2.82. The van der Waals surface area contributed by atoms with Crippen LogP contribution in [-0.4, -0.2) is 28.0 Å². The monoisotopic (exact) mass is 232 g/mol. The highest BCUT2D eigenvalue weighted by molar-refractivity contribution is 5.79. The fourth-order valence-electron chi connectivity index (χ4n) is 2.01. The molecule has 0 bridgehead atoms. The number of likely N-dealkylation sites (N-methyl/N-ethyl adjacent to an activating group) is 1. The van der Waals surface area contributed by atoms with Gasteiger partial charge in [0.15, 0.2) is 0 Å². The molecule has 0 amide bonds. The SMILES string of the molecule is CNCCc1cn2c(nc3cc(F)ccc32)[nH]1. The van der Waals surface area contributed by atoms with E-state index < -0.39 is 0 Å². The van der Waals surface area contributed by atoms with Gasteiger partial charge in [-0.2, -0.15) is 0 Å². The minimum absolute atomic E-state index is 0.256. The number of rotatable bonds is 3. The molecule has 2 N–H and O–H groups in total. The van der Waals surface area contributed by atoms with E-state index in [1.807, 2.05) is 17.6 Å². The van der Waals surface area contributed by atoms with Gasteiger partial charge in [-0.3, -0.25) is 4.40 Å². The van der Waals surface area contributed by atoms with E-state index in [0.717, 1.165) is 30.0 Å². The number of aromatic nitrogens is 3. The molecule has 0 unspecified atom stereocenters. The Hall–Kier alpha value is -1.88. The van der Waals surface area contributed by atoms with Crippen LogP contribution in [0, 0.1) is 5.82 Å². The van der Waals surface area contributed by atoms with Gasteiger partial charge in [0.1, 0.15) is 5.82 Å². The zero-order valence-corrected chi connectivity index (χ0v) is 9.50. The summed E-state index contributed by atoms with van der Waals surface area (Å²) in [5, 5.41) is 3.10. The van der Waals surface area contributed by atoms with Crippen LogP contribution < -0.4 is 5.32 Å². The molecule has 0 radical (unpaired) electrons. The van der Waals surface area contributed by atoms with Gasteiger partial charge in [-0.15, -0.1) is 0 Å². The lowest BCUT2D eigenvalue weighted by molar-refractivity contribution is 0.629. The summed E-state index contributed by atoms with van der Waals surface area (Å²) in [7, 11) is 1.92. The number of hydrogen-bond acceptors (Lipinski definition) is 2. The van der Waals surface area contributed by atoms with E-state index in [-0.39, 0.29) is 5.82 Å². The van der Waals surface area contributed by atoms with Crippen molar-refractivity contribution in [1.82, 2.24) is 19.7 Å². The van der Waals surface area contributed by atoms with E-state index >= 15 is 0 Å². The lowest BCUT2D eigenvalue weighted by atomic mass is 10.3. The van der Waals surface area contributed by atoms with Gasteiger partial charge >= 0.3 is 0 Å². The van der Waals surface area contributed by atoms with Gasteiger partial charge in [0, 0.05) is 30.9 Å². The Morgan fingerprint density at radius 3 is 3.18 bits per heavy atom. The molecule has 0 saturated heterocycles. The van der Waals surface area contributed by atoms with Crippen LogP contribution in [0.25, 0.3) is 16.8 Å². The Morgan fingerprint density at radius 2 is 2.35 bits per heavy atom. The molecular formula is C12H13FN4. The first-order valence-electron chi connectivity index (χ1n) is 5.58. The molecule has 3 aromatic rings. The number of halogens is 1. The van der Waals surface area contributed by atoms with Gasteiger partial charge in [0.2, 0.25) is 5.78 Å². The zero-order chi connectivity index (χ0) is 11.8. The van der Waals surface area contributed by atoms with Crippen molar-refractivity contribution in [3.8, 4) is 0 Å². The number of benzene rings is 1. The van der Waals surface area contributed by atoms with Crippen molar-refractivity contribution in [2.24, 2.45) is 0 Å². The standard InChI is InChI=1S/C12H13FN4/c1-14-5-4-9-7-17-11-3-2-8(13)6-10(11)16-12(17)15-9/h2-3,6-7,14H,4-5H2,1H3,(H,15,16). The molecule has 2 heterocycles. The third kappa shape index (κ3) is 1.68. The average molecular weight is 232 g/mol. The first-order valence-corrected chi connectivity index (χ1v) is 5.58. The summed E-state index contributed by atoms with van der Waals surface area (Å²) in [6.07, 6.45) is 2.93. The van der Waals surface area contributed by atoms with E-state index in [4.69, 9.17) is 0 Å². The smallest absolute Gasteiger partial charge is 0.212 e. The van der Waals surface area contributed by atoms with Crippen molar-refractivity contribution in [2.45, 2.75) is 6.42 Å². The van der Waals surface area contributed by atoms with Gasteiger partial charge in [0.05, 0.1) is 11.0 Å². The molecule has 88 valence electrons. The molecule has 0 aliphatic rings. The van der Waals surface area contributed by atoms with Crippen LogP contribution in [0.15, 0.2) is 24.4 Å². The van der Waals surface area contributed by atoms with E-state index in [0.29, 0.717) is 5.52 Å². The van der Waals surface area contributed by atoms with Gasteiger partial charge in [-0.1, -0.05) is 0 Å². The van der Waals surface area contributed by atoms with E-state index in [1.165, 1.54) is 12.1 Å². The molecule has 0 spiro atoms. The predicted molar refractivity (Wildman–Crippen MR) is 64.6 cm³/mol. The molecule has 1 aromatic carbocycles. The Balaban J connectivity index is 2.11. The number of H-pyrrole nitrogens is 1. The summed E-state index contributed by atoms with van der Waals surface area (Å²) in [4.78, 5) is 7.58. The summed E-state index contributed by atoms with van der Waals surface area (Å²) in [6, 6.07) is 4.65. The molecule has 2 aromatic heterocycles. The minimum Gasteiger partial charge on any atom is -0.327 e. The van der Waals surface area contributed by atoms with Crippen LogP contribution in [0.1, 0.15) is 5.69 Å². The molecule has 17 heavy (non-hydrogen) atoms. The molecular weight excluding hydrogens is 219 g/mol. The van der Waals surface area contributed by atoms with E-state index in [1.54, 1.807) is 6.07 Å². The maximum atomic E-state index is 13.0. The zero-order valence-electron chi connectivity index (χ0n) is 9.50. The van der Waals surface area contributed by atoms with Crippen LogP contribution in [-0.2, 0) is 6.42 Å². The second-order valence-electron chi connectivity index (χ2n) is 4.07. The second kappa shape index (κ2) is 3.85. The minimum atomic E-state index is -0.256. The lowest BCUT2D eigenvalue weighted by Gasteiger charge is -1.94. The summed E-state index contributed by atoms with van der Waals surface area (Å²) in [5.41, 5.74) is 2.72. The van der Waals surface area contributed by atoms with E-state index in [9.17, 15) is 4.39 Å². The largest absolute Gasteiger partial charge is 0.327 e. The van der Waals surface area contributed by atoms with Crippen molar-refractivity contribution >= 4 is 16.8 Å². The number of imidazole rings is 2. The van der Waals surface area contributed by atoms with Crippen molar-refractivity contribution in [2.75, 3.05) is 13.6 Å². The first kappa shape index (κ1) is 10.3. The van der Waals surface area contributed by atoms with E-state index in [2.05, 4.69) is 15.3 Å². The Morgan fingerprint density at radius 1 is 1.47 bits per heavy atom. The van der Waals surface area contributed by atoms with Gasteiger partial charge in [-0.05, 0) is 19.2 Å². The summed E-state index contributed by atoms with van der Waals surface area (Å²) >= 11 is 0. The molecule has 0 atom stereocenters. The summed E-state index contributed by atoms with van der Waals surface area (Å²) < 4.78 is 15.0. The Labute approximate surface area is 97.5 Å². The topological polar surface area (TPSA) is 45.1 Å². The van der Waals surface area contributed by atoms with Crippen LogP contribution in [0.2, 0.25) is 0 Å². The highest BCUT2D eigenvalue weighted by Crippen LogP contribution is 2.18. The summed E-state index contributed by atoms with van der Waals surface area (Å²) in [6.45, 7) is 0.913. The predicted octanol–water partition coefficient (Wildman–Crippen LogP) is 1.72. The number of aromatic amines is 1. The Bertz CT molecular complexity index is 668. The molecule has 5 heteroatoms. The molecule has 0 aliphatic carbocycles. The maximum absolute atomic E-state index is 13.0. The maximum Gasteiger partial charge on any atom is 0.212 e. The number of hydrogen-bond donors (Lipinski definition) is 2. The van der Waals surface area contributed by atoms with Crippen molar-refractivity contribution in [3.63, 3.8) is 0 Å². The Kier molecular flexibility index (Phi) is 2.33. The molecule has 3 rings (SSSR count). The fourth-order valence-corrected chi connectivity index (χ4v) is 2.01. The number of nitrogens with one attached hydrogen (secondary N) is 2. The molecule has 4 nitrogen and oxygen atoms in total. The van der Waals surface area contributed by atoms with Crippen LogP contribution >= 0.6 is 0 Å². The van der Waals surface area contributed by atoms with Crippen molar-refractivity contribution in [1.29, 1.82) is 0 Å². The van der Waals surface area contributed by atoms with Crippen LogP contribution in [0.5, 0.6) is 0 Å². The normalized spacial score (nSPS) is 11.6. The van der Waals surface area contributed by atoms with Gasteiger partial charge < -0.3 is 10.3 Å². The first-order chi connectivity index (χ1) is 8.28. The number of fused-ring (bicyclic) bond motifs is 3. The lowest BCUT2D eigenvalue weighted by Crippen LogP contribution is -2.10. The van der Waals surface area contributed by atoms with Crippen LogP contribution in [0.3, 0.4) is 0 Å². The highest BCUT2D eigenvalue weighted by atomic mass is 19.1. The van der Waals surface area contributed by atoms with Gasteiger partial charge in [0.25, 0.3) is 0 Å².